The molecule has 0 aromatic heterocycles. The van der Waals surface area contributed by atoms with Crippen LogP contribution >= 0.6 is 0 Å². The fraction of sp³-hybridized carbons (Fsp3) is 0.562. The lowest BCUT2D eigenvalue weighted by atomic mass is 10.1. The molecule has 1 fully saturated rings. The van der Waals surface area contributed by atoms with Gasteiger partial charge in [0, 0.05) is 37.9 Å². The largest absolute Gasteiger partial charge is 0.418 e. The van der Waals surface area contributed by atoms with Gasteiger partial charge in [0.05, 0.1) is 23.8 Å². The monoisotopic (exact) mass is 327 g/mol. The Morgan fingerprint density at radius 2 is 1.91 bits per heavy atom. The molecule has 1 atom stereocenters. The van der Waals surface area contributed by atoms with Gasteiger partial charge in [-0.15, -0.1) is 0 Å². The Kier molecular flexibility index (Phi) is 5.50. The topological polar surface area (TPSA) is 50.5 Å². The van der Waals surface area contributed by atoms with Crippen molar-refractivity contribution in [2.45, 2.75) is 25.6 Å². The van der Waals surface area contributed by atoms with Crippen molar-refractivity contribution >= 4 is 5.69 Å². The lowest BCUT2D eigenvalue weighted by molar-refractivity contribution is -0.137. The van der Waals surface area contributed by atoms with Gasteiger partial charge in [-0.3, -0.25) is 4.90 Å². The van der Waals surface area contributed by atoms with E-state index < -0.39 is 11.7 Å². The second-order valence-corrected chi connectivity index (χ2v) is 5.61. The summed E-state index contributed by atoms with van der Waals surface area (Å²) in [6, 6.07) is 5.51. The fourth-order valence-electron chi connectivity index (χ4n) is 2.94. The molecular formula is C16H20F3N3O. The zero-order chi connectivity index (χ0) is 17.0. The molecule has 0 bridgehead atoms. The number of nitrogens with zero attached hydrogens (tertiary/aromatic N) is 3. The molecule has 1 N–H and O–H groups in total. The van der Waals surface area contributed by atoms with E-state index in [1.54, 1.807) is 11.0 Å². The average molecular weight is 327 g/mol. The third kappa shape index (κ3) is 3.95. The summed E-state index contributed by atoms with van der Waals surface area (Å²) in [6.45, 7) is 4.18. The van der Waals surface area contributed by atoms with Crippen LogP contribution < -0.4 is 4.90 Å². The molecule has 1 saturated heterocycles. The molecular weight excluding hydrogens is 307 g/mol. The van der Waals surface area contributed by atoms with Crippen molar-refractivity contribution in [3.8, 4) is 6.07 Å². The Hall–Kier alpha value is -1.78. The summed E-state index contributed by atoms with van der Waals surface area (Å²) in [5.74, 6) is 0. The highest BCUT2D eigenvalue weighted by atomic mass is 19.4. The molecule has 1 aromatic rings. The van der Waals surface area contributed by atoms with Gasteiger partial charge in [-0.25, -0.2) is 0 Å². The zero-order valence-corrected chi connectivity index (χ0v) is 13.0. The van der Waals surface area contributed by atoms with Gasteiger partial charge in [0.2, 0.25) is 0 Å². The standard InChI is InChI=1S/C16H20F3N3O/c1-2-13(11-23)21-5-7-22(8-6-21)15-4-3-12(10-20)9-14(15)16(17,18)19/h3-4,9,13,23H,2,5-8,11H2,1H3. The third-order valence-electron chi connectivity index (χ3n) is 4.28. The molecule has 1 aliphatic rings. The van der Waals surface area contributed by atoms with Crippen LogP contribution in [-0.2, 0) is 6.18 Å². The summed E-state index contributed by atoms with van der Waals surface area (Å²) in [6.07, 6.45) is -3.68. The van der Waals surface area contributed by atoms with Crippen LogP contribution in [0, 0.1) is 11.3 Å². The maximum absolute atomic E-state index is 13.3. The first-order valence-electron chi connectivity index (χ1n) is 7.62. The van der Waals surface area contributed by atoms with E-state index in [1.165, 1.54) is 12.1 Å². The second kappa shape index (κ2) is 7.20. The van der Waals surface area contributed by atoms with Crippen LogP contribution in [0.5, 0.6) is 0 Å². The van der Waals surface area contributed by atoms with Crippen LogP contribution in [0.4, 0.5) is 18.9 Å². The minimum absolute atomic E-state index is 0.00559. The minimum Gasteiger partial charge on any atom is -0.395 e. The summed E-state index contributed by atoms with van der Waals surface area (Å²) >= 11 is 0. The number of piperazine rings is 1. The number of benzene rings is 1. The molecule has 1 heterocycles. The number of aliphatic hydroxyl groups is 1. The van der Waals surface area contributed by atoms with Crippen molar-refractivity contribution < 1.29 is 18.3 Å². The Morgan fingerprint density at radius 3 is 2.39 bits per heavy atom. The van der Waals surface area contributed by atoms with E-state index in [0.29, 0.717) is 26.2 Å². The molecule has 1 aliphatic heterocycles. The van der Waals surface area contributed by atoms with Crippen molar-refractivity contribution in [3.63, 3.8) is 0 Å². The van der Waals surface area contributed by atoms with Gasteiger partial charge < -0.3 is 10.0 Å². The van der Waals surface area contributed by atoms with Crippen molar-refractivity contribution in [2.24, 2.45) is 0 Å². The van der Waals surface area contributed by atoms with Crippen molar-refractivity contribution in [3.05, 3.63) is 29.3 Å². The van der Waals surface area contributed by atoms with Crippen molar-refractivity contribution in [1.82, 2.24) is 4.90 Å². The van der Waals surface area contributed by atoms with Gasteiger partial charge >= 0.3 is 6.18 Å². The molecule has 7 heteroatoms. The van der Waals surface area contributed by atoms with Gasteiger partial charge in [0.15, 0.2) is 0 Å². The first kappa shape index (κ1) is 17.6. The van der Waals surface area contributed by atoms with Crippen molar-refractivity contribution in [1.29, 1.82) is 5.26 Å². The molecule has 1 aromatic carbocycles. The first-order valence-corrected chi connectivity index (χ1v) is 7.62. The number of alkyl halides is 3. The maximum Gasteiger partial charge on any atom is 0.418 e. The van der Waals surface area contributed by atoms with E-state index in [4.69, 9.17) is 5.26 Å². The highest BCUT2D eigenvalue weighted by molar-refractivity contribution is 5.58. The van der Waals surface area contributed by atoms with Crippen LogP contribution in [-0.4, -0.2) is 48.8 Å². The number of hydrogen-bond donors (Lipinski definition) is 1. The minimum atomic E-state index is -4.49. The van der Waals surface area contributed by atoms with E-state index in [2.05, 4.69) is 4.90 Å². The zero-order valence-electron chi connectivity index (χ0n) is 13.0. The Bertz CT molecular complexity index is 571. The molecule has 1 unspecified atom stereocenters. The lowest BCUT2D eigenvalue weighted by Crippen LogP contribution is -2.51. The first-order chi connectivity index (χ1) is 10.9. The Labute approximate surface area is 133 Å². The molecule has 4 nitrogen and oxygen atoms in total. The summed E-state index contributed by atoms with van der Waals surface area (Å²) in [7, 11) is 0. The lowest BCUT2D eigenvalue weighted by Gasteiger charge is -2.40. The van der Waals surface area contributed by atoms with Gasteiger partial charge in [-0.2, -0.15) is 18.4 Å². The number of nitriles is 1. The van der Waals surface area contributed by atoms with E-state index in [1.807, 2.05) is 6.92 Å². The molecule has 0 amide bonds. The van der Waals surface area contributed by atoms with Crippen LogP contribution in [0.1, 0.15) is 24.5 Å². The normalized spacial score (nSPS) is 17.8. The van der Waals surface area contributed by atoms with E-state index in [9.17, 15) is 18.3 Å². The van der Waals surface area contributed by atoms with Crippen LogP contribution in [0.15, 0.2) is 18.2 Å². The number of hydrogen-bond acceptors (Lipinski definition) is 4. The molecule has 0 aliphatic carbocycles. The number of aliphatic hydroxyl groups excluding tert-OH is 1. The van der Waals surface area contributed by atoms with Crippen molar-refractivity contribution in [2.75, 3.05) is 37.7 Å². The van der Waals surface area contributed by atoms with Crippen LogP contribution in [0.2, 0.25) is 0 Å². The quantitative estimate of drug-likeness (QED) is 0.923. The van der Waals surface area contributed by atoms with Gasteiger partial charge in [0.25, 0.3) is 0 Å². The molecule has 0 radical (unpaired) electrons. The maximum atomic E-state index is 13.3. The summed E-state index contributed by atoms with van der Waals surface area (Å²) in [5.41, 5.74) is -0.640. The number of halogens is 3. The molecule has 2 rings (SSSR count). The highest BCUT2D eigenvalue weighted by Gasteiger charge is 2.36. The molecule has 126 valence electrons. The third-order valence-corrected chi connectivity index (χ3v) is 4.28. The molecule has 0 spiro atoms. The van der Waals surface area contributed by atoms with Gasteiger partial charge in [-0.05, 0) is 24.6 Å². The fourth-order valence-corrected chi connectivity index (χ4v) is 2.94. The Balaban J connectivity index is 2.19. The van der Waals surface area contributed by atoms with Gasteiger partial charge in [-0.1, -0.05) is 6.92 Å². The molecule has 23 heavy (non-hydrogen) atoms. The predicted molar refractivity (Wildman–Crippen MR) is 81.1 cm³/mol. The second-order valence-electron chi connectivity index (χ2n) is 5.61. The Morgan fingerprint density at radius 1 is 1.26 bits per heavy atom. The summed E-state index contributed by atoms with van der Waals surface area (Å²) in [5, 5.41) is 18.2. The van der Waals surface area contributed by atoms with Gasteiger partial charge in [0.1, 0.15) is 0 Å². The van der Waals surface area contributed by atoms with Crippen LogP contribution in [0.3, 0.4) is 0 Å². The van der Waals surface area contributed by atoms with Crippen LogP contribution in [0.25, 0.3) is 0 Å². The smallest absolute Gasteiger partial charge is 0.395 e. The SMILES string of the molecule is CCC(CO)N1CCN(c2ccc(C#N)cc2C(F)(F)F)CC1. The predicted octanol–water partition coefficient (Wildman–Crippen LogP) is 2.47. The molecule has 0 saturated carbocycles. The number of rotatable bonds is 4. The van der Waals surface area contributed by atoms with E-state index >= 15 is 0 Å². The van der Waals surface area contributed by atoms with E-state index in [0.717, 1.165) is 12.5 Å². The number of anilines is 1. The summed E-state index contributed by atoms with van der Waals surface area (Å²) in [4.78, 5) is 3.80. The van der Waals surface area contributed by atoms with E-state index in [-0.39, 0.29) is 23.9 Å². The highest BCUT2D eigenvalue weighted by Crippen LogP contribution is 2.37. The average Bonchev–Trinajstić information content (AvgIpc) is 2.55. The summed E-state index contributed by atoms with van der Waals surface area (Å²) < 4.78 is 39.8.